The van der Waals surface area contributed by atoms with Crippen LogP contribution in [0.3, 0.4) is 0 Å². The smallest absolute Gasteiger partial charge is 0.349 e. The third-order valence-corrected chi connectivity index (χ3v) is 4.91. The Hall–Kier alpha value is -2.10. The monoisotopic (exact) mass is 299 g/mol. The fourth-order valence-corrected chi connectivity index (χ4v) is 3.25. The van der Waals surface area contributed by atoms with Gasteiger partial charge in [-0.1, -0.05) is 44.9 Å². The highest BCUT2D eigenvalue weighted by Gasteiger charge is 2.29. The average Bonchev–Trinajstić information content (AvgIpc) is 2.51. The van der Waals surface area contributed by atoms with Crippen LogP contribution in [-0.2, 0) is 0 Å². The highest BCUT2D eigenvalue weighted by Crippen LogP contribution is 2.29. The maximum Gasteiger partial charge on any atom is 0.349 e. The van der Waals surface area contributed by atoms with Crippen LogP contribution in [0.4, 0.5) is 0 Å². The van der Waals surface area contributed by atoms with Crippen molar-refractivity contribution in [2.45, 2.75) is 39.2 Å². The van der Waals surface area contributed by atoms with Gasteiger partial charge in [0.2, 0.25) is 0 Å². The summed E-state index contributed by atoms with van der Waals surface area (Å²) in [5, 5.41) is 3.78. The molecule has 1 N–H and O–H groups in total. The van der Waals surface area contributed by atoms with E-state index in [4.69, 9.17) is 4.42 Å². The first-order chi connectivity index (χ1) is 10.6. The van der Waals surface area contributed by atoms with E-state index in [2.05, 4.69) is 19.2 Å². The van der Waals surface area contributed by atoms with Gasteiger partial charge >= 0.3 is 5.63 Å². The third kappa shape index (κ3) is 2.78. The van der Waals surface area contributed by atoms with Gasteiger partial charge in [-0.2, -0.15) is 0 Å². The molecule has 0 spiro atoms. The van der Waals surface area contributed by atoms with E-state index in [0.717, 1.165) is 18.2 Å². The van der Waals surface area contributed by atoms with Crippen LogP contribution in [0.1, 0.15) is 43.5 Å². The largest absolute Gasteiger partial charge is 0.422 e. The number of fused-ring (bicyclic) bond motifs is 1. The summed E-state index contributed by atoms with van der Waals surface area (Å²) >= 11 is 0. The van der Waals surface area contributed by atoms with Crippen LogP contribution in [-0.4, -0.2) is 11.9 Å². The molecule has 3 atom stereocenters. The van der Waals surface area contributed by atoms with Crippen molar-refractivity contribution in [3.63, 3.8) is 0 Å². The second kappa shape index (κ2) is 5.95. The van der Waals surface area contributed by atoms with Crippen molar-refractivity contribution in [3.05, 3.63) is 46.3 Å². The van der Waals surface area contributed by atoms with Gasteiger partial charge < -0.3 is 9.73 Å². The van der Waals surface area contributed by atoms with E-state index in [-0.39, 0.29) is 17.5 Å². The Bertz CT molecular complexity index is 749. The predicted molar refractivity (Wildman–Crippen MR) is 85.9 cm³/mol. The minimum absolute atomic E-state index is 0.0872. The number of rotatable bonds is 2. The molecule has 1 aliphatic carbocycles. The van der Waals surface area contributed by atoms with Crippen LogP contribution >= 0.6 is 0 Å². The Morgan fingerprint density at radius 2 is 2.00 bits per heavy atom. The molecule has 0 saturated heterocycles. The van der Waals surface area contributed by atoms with Crippen molar-refractivity contribution < 1.29 is 9.21 Å². The molecule has 0 aliphatic heterocycles. The van der Waals surface area contributed by atoms with E-state index in [1.54, 1.807) is 18.2 Å². The first kappa shape index (κ1) is 14.8. The summed E-state index contributed by atoms with van der Waals surface area (Å²) in [5.74, 6) is 0.683. The second-order valence-corrected chi connectivity index (χ2v) is 6.33. The molecule has 1 aromatic heterocycles. The molecule has 1 fully saturated rings. The van der Waals surface area contributed by atoms with Gasteiger partial charge in [0, 0.05) is 11.4 Å². The molecule has 1 aromatic carbocycles. The minimum Gasteiger partial charge on any atom is -0.422 e. The van der Waals surface area contributed by atoms with Crippen molar-refractivity contribution in [2.24, 2.45) is 11.8 Å². The third-order valence-electron chi connectivity index (χ3n) is 4.91. The molecule has 0 radical (unpaired) electrons. The lowest BCUT2D eigenvalue weighted by molar-refractivity contribution is 0.0887. The zero-order valence-corrected chi connectivity index (χ0v) is 13.0. The van der Waals surface area contributed by atoms with Crippen LogP contribution in [0.15, 0.2) is 39.5 Å². The fourth-order valence-electron chi connectivity index (χ4n) is 3.25. The second-order valence-electron chi connectivity index (χ2n) is 6.33. The molecule has 4 nitrogen and oxygen atoms in total. The van der Waals surface area contributed by atoms with E-state index in [1.165, 1.54) is 6.42 Å². The van der Waals surface area contributed by atoms with Gasteiger partial charge in [0.25, 0.3) is 5.91 Å². The topological polar surface area (TPSA) is 59.3 Å². The summed E-state index contributed by atoms with van der Waals surface area (Å²) in [6.07, 6.45) is 3.28. The molecule has 22 heavy (non-hydrogen) atoms. The fraction of sp³-hybridized carbons (Fsp3) is 0.444. The molecular formula is C18H21NO3. The maximum absolute atomic E-state index is 12.5. The summed E-state index contributed by atoms with van der Waals surface area (Å²) in [6.45, 7) is 4.38. The summed E-state index contributed by atoms with van der Waals surface area (Å²) in [7, 11) is 0. The molecule has 116 valence electrons. The van der Waals surface area contributed by atoms with Gasteiger partial charge in [0.1, 0.15) is 11.1 Å². The molecule has 4 heteroatoms. The summed E-state index contributed by atoms with van der Waals surface area (Å²) < 4.78 is 5.23. The van der Waals surface area contributed by atoms with E-state index in [0.29, 0.717) is 17.4 Å². The number of para-hydroxylation sites is 1. The minimum atomic E-state index is -0.576. The van der Waals surface area contributed by atoms with Gasteiger partial charge in [-0.05, 0) is 30.4 Å². The molecule has 1 saturated carbocycles. The Morgan fingerprint density at radius 1 is 1.23 bits per heavy atom. The number of amides is 1. The lowest BCUT2D eigenvalue weighted by Gasteiger charge is -2.34. The van der Waals surface area contributed by atoms with Crippen LogP contribution in [0.5, 0.6) is 0 Å². The molecule has 1 heterocycles. The van der Waals surface area contributed by atoms with Crippen LogP contribution in [0.25, 0.3) is 11.0 Å². The predicted octanol–water partition coefficient (Wildman–Crippen LogP) is 3.35. The first-order valence-electron chi connectivity index (χ1n) is 7.90. The zero-order chi connectivity index (χ0) is 15.7. The van der Waals surface area contributed by atoms with Crippen LogP contribution in [0.2, 0.25) is 0 Å². The molecular weight excluding hydrogens is 278 g/mol. The summed E-state index contributed by atoms with van der Waals surface area (Å²) in [4.78, 5) is 24.5. The Kier molecular flexibility index (Phi) is 4.01. The van der Waals surface area contributed by atoms with Gasteiger partial charge in [-0.25, -0.2) is 4.79 Å². The maximum atomic E-state index is 12.5. The zero-order valence-electron chi connectivity index (χ0n) is 13.0. The average molecular weight is 299 g/mol. The lowest BCUT2D eigenvalue weighted by Crippen LogP contribution is -2.44. The van der Waals surface area contributed by atoms with Crippen LogP contribution in [0, 0.1) is 11.8 Å². The molecule has 3 rings (SSSR count). The van der Waals surface area contributed by atoms with E-state index in [9.17, 15) is 9.59 Å². The number of hydrogen-bond acceptors (Lipinski definition) is 3. The Labute approximate surface area is 129 Å². The van der Waals surface area contributed by atoms with Gasteiger partial charge in [-0.15, -0.1) is 0 Å². The summed E-state index contributed by atoms with van der Waals surface area (Å²) in [5.41, 5.74) is 0.0144. The van der Waals surface area contributed by atoms with Crippen molar-refractivity contribution in [1.82, 2.24) is 5.32 Å². The number of carbonyl (C=O) groups is 1. The SMILES string of the molecule is C[C@@H]1[C@H](C)CCC[C@@H]1NC(=O)c1cc2ccccc2oc1=O. The van der Waals surface area contributed by atoms with Gasteiger partial charge in [0.05, 0.1) is 0 Å². The van der Waals surface area contributed by atoms with E-state index in [1.807, 2.05) is 12.1 Å². The lowest BCUT2D eigenvalue weighted by atomic mass is 9.78. The highest BCUT2D eigenvalue weighted by atomic mass is 16.4. The molecule has 2 aromatic rings. The summed E-state index contributed by atoms with van der Waals surface area (Å²) in [6, 6.07) is 8.96. The van der Waals surface area contributed by atoms with Gasteiger partial charge in [0.15, 0.2) is 0 Å². The number of benzene rings is 1. The van der Waals surface area contributed by atoms with Crippen LogP contribution < -0.4 is 10.9 Å². The van der Waals surface area contributed by atoms with Crippen molar-refractivity contribution in [3.8, 4) is 0 Å². The number of nitrogens with one attached hydrogen (secondary N) is 1. The quantitative estimate of drug-likeness (QED) is 0.865. The highest BCUT2D eigenvalue weighted by molar-refractivity contribution is 5.96. The number of hydrogen-bond donors (Lipinski definition) is 1. The molecule has 0 unspecified atom stereocenters. The Morgan fingerprint density at radius 3 is 2.82 bits per heavy atom. The molecule has 1 aliphatic rings. The van der Waals surface area contributed by atoms with Crippen molar-refractivity contribution in [1.29, 1.82) is 0 Å². The van der Waals surface area contributed by atoms with Crippen molar-refractivity contribution in [2.75, 3.05) is 0 Å². The Balaban J connectivity index is 1.86. The van der Waals surface area contributed by atoms with Crippen molar-refractivity contribution >= 4 is 16.9 Å². The van der Waals surface area contributed by atoms with E-state index < -0.39 is 5.63 Å². The molecule has 0 bridgehead atoms. The standard InChI is InChI=1S/C18H21NO3/c1-11-6-5-8-15(12(11)2)19-17(20)14-10-13-7-3-4-9-16(13)22-18(14)21/h3-4,7,9-12,15H,5-6,8H2,1-2H3,(H,19,20)/t11-,12-,15+/m1/s1. The van der Waals surface area contributed by atoms with E-state index >= 15 is 0 Å². The normalized spacial score (nSPS) is 25.1. The number of carbonyl (C=O) groups excluding carboxylic acids is 1. The molecule has 1 amide bonds. The van der Waals surface area contributed by atoms with Gasteiger partial charge in [-0.3, -0.25) is 4.79 Å². The first-order valence-corrected chi connectivity index (χ1v) is 7.90.